The van der Waals surface area contributed by atoms with Gasteiger partial charge in [-0.2, -0.15) is 0 Å². The predicted octanol–water partition coefficient (Wildman–Crippen LogP) is 3.09. The summed E-state index contributed by atoms with van der Waals surface area (Å²) in [5.74, 6) is -0.0384. The van der Waals surface area contributed by atoms with Gasteiger partial charge < -0.3 is 4.90 Å². The summed E-state index contributed by atoms with van der Waals surface area (Å²) >= 11 is 0. The Labute approximate surface area is 138 Å². The molecule has 1 aliphatic heterocycles. The van der Waals surface area contributed by atoms with E-state index in [-0.39, 0.29) is 23.7 Å². The highest BCUT2D eigenvalue weighted by molar-refractivity contribution is 5.94. The number of amides is 1. The van der Waals surface area contributed by atoms with E-state index in [9.17, 15) is 9.18 Å². The number of carbonyl (C=O) groups excluding carboxylic acids is 1. The largest absolute Gasteiger partial charge is 0.331 e. The van der Waals surface area contributed by atoms with E-state index >= 15 is 0 Å². The molecule has 3 aromatic rings. The van der Waals surface area contributed by atoms with Crippen LogP contribution in [0.25, 0.3) is 5.65 Å². The molecule has 2 atom stereocenters. The molecule has 1 aromatic carbocycles. The van der Waals surface area contributed by atoms with Gasteiger partial charge in [-0.15, -0.1) is 10.2 Å². The molecule has 1 aliphatic rings. The summed E-state index contributed by atoms with van der Waals surface area (Å²) < 4.78 is 15.3. The molecule has 0 bridgehead atoms. The first kappa shape index (κ1) is 14.8. The monoisotopic (exact) mass is 324 g/mol. The topological polar surface area (TPSA) is 50.5 Å². The summed E-state index contributed by atoms with van der Waals surface area (Å²) in [7, 11) is 0. The number of nitrogens with zero attached hydrogens (tertiary/aromatic N) is 4. The molecule has 0 N–H and O–H groups in total. The third-order valence-electron chi connectivity index (χ3n) is 4.69. The Balaban J connectivity index is 1.69. The second-order valence-electron chi connectivity index (χ2n) is 6.28. The van der Waals surface area contributed by atoms with Crippen molar-refractivity contribution < 1.29 is 9.18 Å². The summed E-state index contributed by atoms with van der Waals surface area (Å²) in [4.78, 5) is 14.8. The van der Waals surface area contributed by atoms with E-state index in [1.54, 1.807) is 35.1 Å². The van der Waals surface area contributed by atoms with E-state index in [4.69, 9.17) is 0 Å². The van der Waals surface area contributed by atoms with Crippen molar-refractivity contribution in [3.05, 3.63) is 65.9 Å². The van der Waals surface area contributed by atoms with Crippen LogP contribution in [0.15, 0.2) is 48.9 Å². The summed E-state index contributed by atoms with van der Waals surface area (Å²) in [5, 5.41) is 7.78. The Morgan fingerprint density at radius 1 is 1.29 bits per heavy atom. The Hall–Kier alpha value is -2.76. The number of benzene rings is 1. The molecular formula is C18H17FN4O. The number of aromatic nitrogens is 3. The molecule has 5 nitrogen and oxygen atoms in total. The lowest BCUT2D eigenvalue weighted by Crippen LogP contribution is -2.32. The van der Waals surface area contributed by atoms with Crippen molar-refractivity contribution in [3.8, 4) is 0 Å². The maximum absolute atomic E-state index is 13.6. The lowest BCUT2D eigenvalue weighted by molar-refractivity contribution is 0.0720. The van der Waals surface area contributed by atoms with E-state index in [1.807, 2.05) is 11.0 Å². The Morgan fingerprint density at radius 3 is 3.00 bits per heavy atom. The van der Waals surface area contributed by atoms with Gasteiger partial charge in [-0.05, 0) is 42.2 Å². The number of hydrogen-bond donors (Lipinski definition) is 0. The smallest absolute Gasteiger partial charge is 0.255 e. The van der Waals surface area contributed by atoms with Crippen molar-refractivity contribution in [3.63, 3.8) is 0 Å². The standard InChI is InChI=1S/C18H17FN4O/c1-12-7-8-23(17(12)13-3-2-4-15(19)9-13)18(24)14-5-6-16-21-20-11-22(16)10-14/h2-6,9-12,17H,7-8H2,1H3/t12-,17+/m0/s1. The van der Waals surface area contributed by atoms with Gasteiger partial charge >= 0.3 is 0 Å². The van der Waals surface area contributed by atoms with Crippen molar-refractivity contribution in [2.24, 2.45) is 5.92 Å². The van der Waals surface area contributed by atoms with Gasteiger partial charge in [-0.25, -0.2) is 4.39 Å². The normalized spacial score (nSPS) is 20.7. The third-order valence-corrected chi connectivity index (χ3v) is 4.69. The summed E-state index contributed by atoms with van der Waals surface area (Å²) in [6.07, 6.45) is 4.22. The van der Waals surface area contributed by atoms with Crippen LogP contribution >= 0.6 is 0 Å². The van der Waals surface area contributed by atoms with Crippen LogP contribution < -0.4 is 0 Å². The average Bonchev–Trinajstić information content (AvgIpc) is 3.19. The number of hydrogen-bond acceptors (Lipinski definition) is 3. The molecule has 6 heteroatoms. The highest BCUT2D eigenvalue weighted by atomic mass is 19.1. The second-order valence-corrected chi connectivity index (χ2v) is 6.28. The van der Waals surface area contributed by atoms with Crippen LogP contribution in [0.4, 0.5) is 4.39 Å². The van der Waals surface area contributed by atoms with Crippen molar-refractivity contribution in [1.82, 2.24) is 19.5 Å². The van der Waals surface area contributed by atoms with Gasteiger partial charge in [0, 0.05) is 12.7 Å². The zero-order valence-electron chi connectivity index (χ0n) is 13.3. The molecule has 4 rings (SSSR count). The van der Waals surface area contributed by atoms with Gasteiger partial charge in [0.05, 0.1) is 11.6 Å². The number of likely N-dealkylation sites (tertiary alicyclic amines) is 1. The minimum absolute atomic E-state index is 0.0517. The first-order chi connectivity index (χ1) is 11.6. The number of halogens is 1. The molecule has 0 aliphatic carbocycles. The molecule has 24 heavy (non-hydrogen) atoms. The summed E-state index contributed by atoms with van der Waals surface area (Å²) in [6, 6.07) is 9.96. The first-order valence-electron chi connectivity index (χ1n) is 7.99. The highest BCUT2D eigenvalue weighted by Gasteiger charge is 2.36. The van der Waals surface area contributed by atoms with Crippen LogP contribution in [0.3, 0.4) is 0 Å². The Kier molecular flexibility index (Phi) is 3.52. The van der Waals surface area contributed by atoms with Crippen LogP contribution in [0, 0.1) is 11.7 Å². The molecule has 122 valence electrons. The van der Waals surface area contributed by atoms with E-state index in [0.717, 1.165) is 12.0 Å². The molecule has 2 aromatic heterocycles. The van der Waals surface area contributed by atoms with Crippen LogP contribution in [0.5, 0.6) is 0 Å². The van der Waals surface area contributed by atoms with Gasteiger partial charge in [0.25, 0.3) is 5.91 Å². The van der Waals surface area contributed by atoms with Crippen LogP contribution in [-0.2, 0) is 0 Å². The van der Waals surface area contributed by atoms with E-state index < -0.39 is 0 Å². The van der Waals surface area contributed by atoms with E-state index in [2.05, 4.69) is 17.1 Å². The van der Waals surface area contributed by atoms with Crippen LogP contribution in [0.2, 0.25) is 0 Å². The van der Waals surface area contributed by atoms with Crippen molar-refractivity contribution in [1.29, 1.82) is 0 Å². The molecule has 1 amide bonds. The van der Waals surface area contributed by atoms with Crippen molar-refractivity contribution in [2.75, 3.05) is 6.54 Å². The zero-order valence-corrected chi connectivity index (χ0v) is 13.3. The molecule has 3 heterocycles. The number of fused-ring (bicyclic) bond motifs is 1. The molecule has 1 saturated heterocycles. The minimum Gasteiger partial charge on any atom is -0.331 e. The highest BCUT2D eigenvalue weighted by Crippen LogP contribution is 2.38. The molecule has 1 fully saturated rings. The van der Waals surface area contributed by atoms with Gasteiger partial charge in [-0.1, -0.05) is 19.1 Å². The molecular weight excluding hydrogens is 307 g/mol. The molecule has 0 unspecified atom stereocenters. The Morgan fingerprint density at radius 2 is 2.17 bits per heavy atom. The maximum Gasteiger partial charge on any atom is 0.255 e. The lowest BCUT2D eigenvalue weighted by Gasteiger charge is -2.27. The van der Waals surface area contributed by atoms with Gasteiger partial charge in [0.1, 0.15) is 12.1 Å². The fourth-order valence-electron chi connectivity index (χ4n) is 3.49. The Bertz CT molecular complexity index is 907. The molecule has 0 radical (unpaired) electrons. The number of rotatable bonds is 2. The minimum atomic E-state index is -0.273. The van der Waals surface area contributed by atoms with Crippen molar-refractivity contribution in [2.45, 2.75) is 19.4 Å². The predicted molar refractivity (Wildman–Crippen MR) is 86.9 cm³/mol. The fourth-order valence-corrected chi connectivity index (χ4v) is 3.49. The molecule has 0 spiro atoms. The van der Waals surface area contributed by atoms with E-state index in [0.29, 0.717) is 17.8 Å². The quantitative estimate of drug-likeness (QED) is 0.728. The van der Waals surface area contributed by atoms with Gasteiger partial charge in [0.15, 0.2) is 5.65 Å². The summed E-state index contributed by atoms with van der Waals surface area (Å²) in [5.41, 5.74) is 2.12. The average molecular weight is 324 g/mol. The SMILES string of the molecule is C[C@H]1CCN(C(=O)c2ccc3nncn3c2)[C@H]1c1cccc(F)c1. The van der Waals surface area contributed by atoms with Gasteiger partial charge in [0.2, 0.25) is 0 Å². The lowest BCUT2D eigenvalue weighted by atomic mass is 9.95. The first-order valence-corrected chi connectivity index (χ1v) is 7.99. The van der Waals surface area contributed by atoms with Crippen LogP contribution in [-0.4, -0.2) is 31.9 Å². The number of carbonyl (C=O) groups is 1. The van der Waals surface area contributed by atoms with Gasteiger partial charge in [-0.3, -0.25) is 9.20 Å². The van der Waals surface area contributed by atoms with Crippen molar-refractivity contribution >= 4 is 11.6 Å². The fraction of sp³-hybridized carbons (Fsp3) is 0.278. The maximum atomic E-state index is 13.6. The summed E-state index contributed by atoms with van der Waals surface area (Å²) in [6.45, 7) is 2.77. The molecule has 0 saturated carbocycles. The van der Waals surface area contributed by atoms with Crippen LogP contribution in [0.1, 0.15) is 35.3 Å². The zero-order chi connectivity index (χ0) is 16.7. The van der Waals surface area contributed by atoms with E-state index in [1.165, 1.54) is 12.1 Å². The third kappa shape index (κ3) is 2.44. The number of pyridine rings is 1. The second kappa shape index (κ2) is 5.70.